The van der Waals surface area contributed by atoms with Gasteiger partial charge in [-0.2, -0.15) is 5.10 Å². The van der Waals surface area contributed by atoms with Crippen LogP contribution in [0, 0.1) is 0 Å². The van der Waals surface area contributed by atoms with Crippen LogP contribution in [0.2, 0.25) is 0 Å². The first-order chi connectivity index (χ1) is 12.2. The van der Waals surface area contributed by atoms with Crippen LogP contribution in [0.1, 0.15) is 11.1 Å². The third kappa shape index (κ3) is 4.28. The minimum atomic E-state index is -0.0758. The van der Waals surface area contributed by atoms with Crippen molar-refractivity contribution in [1.82, 2.24) is 10.2 Å². The van der Waals surface area contributed by atoms with Crippen molar-refractivity contribution in [3.63, 3.8) is 0 Å². The first kappa shape index (κ1) is 17.2. The predicted molar refractivity (Wildman–Crippen MR) is 102 cm³/mol. The molecule has 3 rings (SSSR count). The number of anilines is 1. The molecule has 1 amide bonds. The Morgan fingerprint density at radius 2 is 2.08 bits per heavy atom. The summed E-state index contributed by atoms with van der Waals surface area (Å²) in [5.74, 6) is 0.668. The summed E-state index contributed by atoms with van der Waals surface area (Å²) >= 11 is 3.45. The number of aromatic nitrogens is 2. The monoisotopic (exact) mass is 399 g/mol. The van der Waals surface area contributed by atoms with E-state index >= 15 is 0 Å². The molecule has 0 saturated carbocycles. The molecule has 0 aliphatic rings. The van der Waals surface area contributed by atoms with Crippen LogP contribution in [0.5, 0.6) is 5.75 Å². The molecule has 0 atom stereocenters. The van der Waals surface area contributed by atoms with Crippen molar-refractivity contribution in [1.29, 1.82) is 0 Å². The maximum absolute atomic E-state index is 12.3. The van der Waals surface area contributed by atoms with Gasteiger partial charge in [0.15, 0.2) is 0 Å². The number of nitrogens with one attached hydrogen (secondary N) is 2. The van der Waals surface area contributed by atoms with Crippen LogP contribution in [-0.2, 0) is 16.5 Å². The Bertz CT molecular complexity index is 876. The molecule has 5 nitrogen and oxygen atoms in total. The molecule has 2 aromatic carbocycles. The summed E-state index contributed by atoms with van der Waals surface area (Å²) in [6.45, 7) is 0. The van der Waals surface area contributed by atoms with Gasteiger partial charge in [0.25, 0.3) is 0 Å². The van der Waals surface area contributed by atoms with E-state index in [1.54, 1.807) is 7.11 Å². The number of methoxy groups -OCH3 is 1. The van der Waals surface area contributed by atoms with Crippen molar-refractivity contribution in [3.8, 4) is 17.0 Å². The van der Waals surface area contributed by atoms with E-state index in [0.29, 0.717) is 5.33 Å². The van der Waals surface area contributed by atoms with Gasteiger partial charge >= 0.3 is 0 Å². The van der Waals surface area contributed by atoms with E-state index < -0.39 is 0 Å². The molecular weight excluding hydrogens is 382 g/mol. The summed E-state index contributed by atoms with van der Waals surface area (Å²) in [6, 6.07) is 15.2. The van der Waals surface area contributed by atoms with Gasteiger partial charge in [-0.15, -0.1) is 0 Å². The van der Waals surface area contributed by atoms with Gasteiger partial charge in [-0.3, -0.25) is 9.89 Å². The lowest BCUT2D eigenvalue weighted by molar-refractivity contribution is -0.115. The van der Waals surface area contributed by atoms with E-state index in [0.717, 1.165) is 33.8 Å². The summed E-state index contributed by atoms with van der Waals surface area (Å²) in [5, 5.41) is 10.8. The number of aromatic amines is 1. The topological polar surface area (TPSA) is 67.0 Å². The summed E-state index contributed by atoms with van der Waals surface area (Å²) < 4.78 is 5.19. The third-order valence-corrected chi connectivity index (χ3v) is 4.39. The molecule has 0 aliphatic heterocycles. The van der Waals surface area contributed by atoms with E-state index in [9.17, 15) is 4.79 Å². The lowest BCUT2D eigenvalue weighted by Crippen LogP contribution is -2.14. The van der Waals surface area contributed by atoms with E-state index in [-0.39, 0.29) is 12.3 Å². The Kier molecular flexibility index (Phi) is 5.50. The van der Waals surface area contributed by atoms with Crippen molar-refractivity contribution in [2.75, 3.05) is 12.4 Å². The van der Waals surface area contributed by atoms with Gasteiger partial charge in [0, 0.05) is 28.3 Å². The van der Waals surface area contributed by atoms with Crippen LogP contribution >= 0.6 is 15.9 Å². The number of nitrogens with zero attached hydrogens (tertiary/aromatic N) is 1. The summed E-state index contributed by atoms with van der Waals surface area (Å²) in [5.41, 5.74) is 4.55. The number of hydrogen-bond donors (Lipinski definition) is 2. The van der Waals surface area contributed by atoms with Crippen molar-refractivity contribution in [3.05, 3.63) is 65.9 Å². The maximum atomic E-state index is 12.3. The van der Waals surface area contributed by atoms with Crippen LogP contribution in [-0.4, -0.2) is 23.2 Å². The highest BCUT2D eigenvalue weighted by molar-refractivity contribution is 9.08. The zero-order valence-electron chi connectivity index (χ0n) is 13.8. The number of hydrogen-bond acceptors (Lipinski definition) is 3. The van der Waals surface area contributed by atoms with Gasteiger partial charge in [0.05, 0.1) is 19.2 Å². The van der Waals surface area contributed by atoms with Crippen LogP contribution in [0.15, 0.2) is 54.7 Å². The largest absolute Gasteiger partial charge is 0.497 e. The second kappa shape index (κ2) is 7.98. The second-order valence-electron chi connectivity index (χ2n) is 5.55. The van der Waals surface area contributed by atoms with Crippen LogP contribution in [0.3, 0.4) is 0 Å². The lowest BCUT2D eigenvalue weighted by atomic mass is 10.1. The fourth-order valence-electron chi connectivity index (χ4n) is 2.58. The molecular formula is C19H18BrN3O2. The molecule has 1 aromatic heterocycles. The van der Waals surface area contributed by atoms with E-state index in [2.05, 4.69) is 31.4 Å². The normalized spacial score (nSPS) is 10.5. The minimum Gasteiger partial charge on any atom is -0.497 e. The average Bonchev–Trinajstić information content (AvgIpc) is 3.10. The zero-order chi connectivity index (χ0) is 17.6. The smallest absolute Gasteiger partial charge is 0.228 e. The highest BCUT2D eigenvalue weighted by atomic mass is 79.9. The fourth-order valence-corrected chi connectivity index (χ4v) is 3.01. The highest BCUT2D eigenvalue weighted by Crippen LogP contribution is 2.25. The summed E-state index contributed by atoms with van der Waals surface area (Å²) in [4.78, 5) is 12.3. The average molecular weight is 400 g/mol. The first-order valence-electron chi connectivity index (χ1n) is 7.81. The number of carbonyl (C=O) groups is 1. The molecule has 25 heavy (non-hydrogen) atoms. The molecule has 1 heterocycles. The number of carbonyl (C=O) groups excluding carboxylic acids is 1. The zero-order valence-corrected chi connectivity index (χ0v) is 15.3. The molecule has 128 valence electrons. The number of amides is 1. The van der Waals surface area contributed by atoms with Crippen LogP contribution < -0.4 is 10.1 Å². The molecule has 0 spiro atoms. The number of halogens is 1. The summed E-state index contributed by atoms with van der Waals surface area (Å²) in [7, 11) is 1.61. The van der Waals surface area contributed by atoms with Crippen molar-refractivity contribution in [2.24, 2.45) is 0 Å². The van der Waals surface area contributed by atoms with Gasteiger partial charge in [-0.05, 0) is 29.8 Å². The number of alkyl halides is 1. The Morgan fingerprint density at radius 1 is 1.24 bits per heavy atom. The Morgan fingerprint density at radius 3 is 2.88 bits per heavy atom. The maximum Gasteiger partial charge on any atom is 0.228 e. The predicted octanol–water partition coefficient (Wildman–Crippen LogP) is 4.16. The van der Waals surface area contributed by atoms with Gasteiger partial charge in [-0.1, -0.05) is 40.2 Å². The molecule has 0 fully saturated rings. The van der Waals surface area contributed by atoms with Gasteiger partial charge < -0.3 is 10.1 Å². The van der Waals surface area contributed by atoms with E-state index in [1.807, 2.05) is 54.7 Å². The Hall–Kier alpha value is -2.60. The fraction of sp³-hybridized carbons (Fsp3) is 0.158. The number of benzene rings is 2. The Labute approximate surface area is 154 Å². The van der Waals surface area contributed by atoms with Crippen molar-refractivity contribution in [2.45, 2.75) is 11.8 Å². The molecule has 0 unspecified atom stereocenters. The number of ether oxygens (including phenoxy) is 1. The quantitative estimate of drug-likeness (QED) is 0.611. The van der Waals surface area contributed by atoms with E-state index in [1.165, 1.54) is 0 Å². The molecule has 2 N–H and O–H groups in total. The SMILES string of the molecule is COc1cccc(CC(=O)Nc2cccc(-c3n[nH]cc3CBr)c2)c1. The van der Waals surface area contributed by atoms with Crippen LogP contribution in [0.25, 0.3) is 11.3 Å². The van der Waals surface area contributed by atoms with Gasteiger partial charge in [0.1, 0.15) is 5.75 Å². The van der Waals surface area contributed by atoms with Crippen molar-refractivity contribution >= 4 is 27.5 Å². The molecule has 0 aliphatic carbocycles. The third-order valence-electron chi connectivity index (χ3n) is 3.78. The molecule has 0 radical (unpaired) electrons. The lowest BCUT2D eigenvalue weighted by Gasteiger charge is -2.08. The highest BCUT2D eigenvalue weighted by Gasteiger charge is 2.10. The first-order valence-corrected chi connectivity index (χ1v) is 8.93. The minimum absolute atomic E-state index is 0.0758. The standard InChI is InChI=1S/C19H18BrN3O2/c1-25-17-7-2-4-13(8-17)9-18(24)22-16-6-3-5-14(10-16)19-15(11-20)12-21-23-19/h2-8,10,12H,9,11H2,1H3,(H,21,23)(H,22,24). The number of H-pyrrole nitrogens is 1. The van der Waals surface area contributed by atoms with Gasteiger partial charge in [0.2, 0.25) is 5.91 Å². The molecule has 0 bridgehead atoms. The van der Waals surface area contributed by atoms with E-state index in [4.69, 9.17) is 4.74 Å². The number of rotatable bonds is 6. The molecule has 3 aromatic rings. The van der Waals surface area contributed by atoms with Crippen molar-refractivity contribution < 1.29 is 9.53 Å². The van der Waals surface area contributed by atoms with Crippen LogP contribution in [0.4, 0.5) is 5.69 Å². The Balaban J connectivity index is 1.72. The second-order valence-corrected chi connectivity index (χ2v) is 6.11. The summed E-state index contributed by atoms with van der Waals surface area (Å²) in [6.07, 6.45) is 2.15. The molecule has 6 heteroatoms. The van der Waals surface area contributed by atoms with Gasteiger partial charge in [-0.25, -0.2) is 0 Å². The molecule has 0 saturated heterocycles.